The Bertz CT molecular complexity index is 475. The van der Waals surface area contributed by atoms with Crippen LogP contribution in [0, 0.1) is 5.92 Å². The fourth-order valence-electron chi connectivity index (χ4n) is 1.61. The van der Waals surface area contributed by atoms with Crippen molar-refractivity contribution in [2.75, 3.05) is 5.32 Å². The summed E-state index contributed by atoms with van der Waals surface area (Å²) in [4.78, 5) is 11.2. The summed E-state index contributed by atoms with van der Waals surface area (Å²) in [5.41, 5.74) is 4.18. The van der Waals surface area contributed by atoms with Crippen LogP contribution < -0.4 is 11.1 Å². The number of halogens is 4. The first-order valence-electron chi connectivity index (χ1n) is 5.55. The number of nitrogens with two attached hydrogens (primary N) is 1. The lowest BCUT2D eigenvalue weighted by atomic mass is 10.0. The lowest BCUT2D eigenvalue weighted by molar-refractivity contribution is -0.137. The van der Waals surface area contributed by atoms with Gasteiger partial charge in [0.2, 0.25) is 5.91 Å². The first-order chi connectivity index (χ1) is 8.62. The lowest BCUT2D eigenvalue weighted by Gasteiger charge is -2.23. The van der Waals surface area contributed by atoms with Crippen LogP contribution in [0.4, 0.5) is 18.9 Å². The minimum Gasteiger partial charge on any atom is -0.373 e. The van der Waals surface area contributed by atoms with Crippen LogP contribution in [-0.2, 0) is 11.0 Å². The minimum absolute atomic E-state index is 0.159. The summed E-state index contributed by atoms with van der Waals surface area (Å²) < 4.78 is 39.0. The van der Waals surface area contributed by atoms with Gasteiger partial charge in [0, 0.05) is 10.2 Å². The number of amides is 1. The van der Waals surface area contributed by atoms with E-state index in [1.165, 1.54) is 12.1 Å². The van der Waals surface area contributed by atoms with Crippen molar-refractivity contribution in [1.82, 2.24) is 0 Å². The van der Waals surface area contributed by atoms with Gasteiger partial charge in [0.05, 0.1) is 5.56 Å². The molecule has 1 amide bonds. The molecule has 0 aromatic heterocycles. The van der Waals surface area contributed by atoms with Crippen LogP contribution in [0.3, 0.4) is 0 Å². The van der Waals surface area contributed by atoms with E-state index in [0.29, 0.717) is 4.47 Å². The second-order valence-electron chi connectivity index (χ2n) is 4.46. The zero-order chi connectivity index (χ0) is 14.8. The molecular weight excluding hydrogens is 325 g/mol. The highest BCUT2D eigenvalue weighted by atomic mass is 79.9. The lowest BCUT2D eigenvalue weighted by Crippen LogP contribution is -2.40. The Balaban J connectivity index is 3.17. The Morgan fingerprint density at radius 1 is 1.37 bits per heavy atom. The van der Waals surface area contributed by atoms with Crippen LogP contribution in [0.25, 0.3) is 0 Å². The molecule has 0 aliphatic heterocycles. The fourth-order valence-corrected chi connectivity index (χ4v) is 1.97. The number of primary amides is 1. The molecule has 0 fully saturated rings. The summed E-state index contributed by atoms with van der Waals surface area (Å²) in [5, 5.41) is 2.56. The van der Waals surface area contributed by atoms with Crippen molar-refractivity contribution in [2.45, 2.75) is 26.1 Å². The third kappa shape index (κ3) is 4.12. The molecule has 0 aliphatic carbocycles. The standard InChI is InChI=1S/C12H14BrF3N2O/c1-6(2)10(11(17)19)18-9-4-3-7(13)5-8(9)12(14,15)16/h3-6,10,18H,1-2H3,(H2,17,19). The van der Waals surface area contributed by atoms with Gasteiger partial charge in [0.15, 0.2) is 0 Å². The van der Waals surface area contributed by atoms with Crippen molar-refractivity contribution in [3.05, 3.63) is 28.2 Å². The van der Waals surface area contributed by atoms with Crippen LogP contribution in [-0.4, -0.2) is 11.9 Å². The molecule has 0 heterocycles. The molecule has 1 aromatic rings. The molecule has 0 bridgehead atoms. The third-order valence-corrected chi connectivity index (χ3v) is 3.06. The van der Waals surface area contributed by atoms with Crippen molar-refractivity contribution in [2.24, 2.45) is 11.7 Å². The average molecular weight is 339 g/mol. The number of alkyl halides is 3. The van der Waals surface area contributed by atoms with Gasteiger partial charge in [0.1, 0.15) is 6.04 Å². The monoisotopic (exact) mass is 338 g/mol. The highest BCUT2D eigenvalue weighted by molar-refractivity contribution is 9.10. The largest absolute Gasteiger partial charge is 0.418 e. The van der Waals surface area contributed by atoms with E-state index in [2.05, 4.69) is 21.2 Å². The van der Waals surface area contributed by atoms with Gasteiger partial charge < -0.3 is 11.1 Å². The summed E-state index contributed by atoms with van der Waals surface area (Å²) in [7, 11) is 0. The highest BCUT2D eigenvalue weighted by Crippen LogP contribution is 2.37. The Labute approximate surface area is 117 Å². The van der Waals surface area contributed by atoms with Gasteiger partial charge in [-0.1, -0.05) is 29.8 Å². The molecule has 3 N–H and O–H groups in total. The van der Waals surface area contributed by atoms with Gasteiger partial charge in [-0.05, 0) is 24.1 Å². The molecule has 1 aromatic carbocycles. The number of benzene rings is 1. The van der Waals surface area contributed by atoms with Crippen LogP contribution in [0.15, 0.2) is 22.7 Å². The molecule has 0 saturated carbocycles. The fraction of sp³-hybridized carbons (Fsp3) is 0.417. The maximum absolute atomic E-state index is 12.9. The summed E-state index contributed by atoms with van der Waals surface area (Å²) in [6.07, 6.45) is -4.51. The third-order valence-electron chi connectivity index (χ3n) is 2.57. The van der Waals surface area contributed by atoms with Crippen LogP contribution in [0.1, 0.15) is 19.4 Å². The Morgan fingerprint density at radius 3 is 2.37 bits per heavy atom. The average Bonchev–Trinajstić information content (AvgIpc) is 2.24. The van der Waals surface area contributed by atoms with E-state index in [4.69, 9.17) is 5.73 Å². The highest BCUT2D eigenvalue weighted by Gasteiger charge is 2.34. The molecule has 3 nitrogen and oxygen atoms in total. The number of nitrogens with one attached hydrogen (secondary N) is 1. The molecule has 0 spiro atoms. The minimum atomic E-state index is -4.51. The summed E-state index contributed by atoms with van der Waals surface area (Å²) >= 11 is 2.99. The number of rotatable bonds is 4. The molecule has 19 heavy (non-hydrogen) atoms. The molecule has 106 valence electrons. The molecule has 1 rings (SSSR count). The number of hydrogen-bond acceptors (Lipinski definition) is 2. The van der Waals surface area contributed by atoms with E-state index in [1.807, 2.05) is 0 Å². The number of anilines is 1. The Kier molecular flexibility index (Phi) is 4.84. The quantitative estimate of drug-likeness (QED) is 0.884. The van der Waals surface area contributed by atoms with Crippen molar-refractivity contribution in [1.29, 1.82) is 0 Å². The summed E-state index contributed by atoms with van der Waals surface area (Å²) in [6.45, 7) is 3.41. The van der Waals surface area contributed by atoms with Crippen LogP contribution >= 0.6 is 15.9 Å². The number of carbonyl (C=O) groups is 1. The molecule has 1 unspecified atom stereocenters. The number of hydrogen-bond donors (Lipinski definition) is 2. The van der Waals surface area contributed by atoms with Crippen molar-refractivity contribution >= 4 is 27.5 Å². The zero-order valence-corrected chi connectivity index (χ0v) is 12.0. The number of carbonyl (C=O) groups excluding carboxylic acids is 1. The van der Waals surface area contributed by atoms with E-state index in [1.54, 1.807) is 13.8 Å². The first kappa shape index (κ1) is 15.8. The Hall–Kier alpha value is -1.24. The van der Waals surface area contributed by atoms with Gasteiger partial charge in [-0.2, -0.15) is 13.2 Å². The summed E-state index contributed by atoms with van der Waals surface area (Å²) in [5.74, 6) is -0.909. The topological polar surface area (TPSA) is 55.1 Å². The maximum atomic E-state index is 12.9. The van der Waals surface area contributed by atoms with Gasteiger partial charge in [-0.25, -0.2) is 0 Å². The van der Waals surface area contributed by atoms with Gasteiger partial charge >= 0.3 is 6.18 Å². The van der Waals surface area contributed by atoms with Crippen molar-refractivity contribution < 1.29 is 18.0 Å². The van der Waals surface area contributed by atoms with E-state index >= 15 is 0 Å². The molecule has 7 heteroatoms. The van der Waals surface area contributed by atoms with Crippen LogP contribution in [0.2, 0.25) is 0 Å². The Morgan fingerprint density at radius 2 is 1.95 bits per heavy atom. The molecule has 0 aliphatic rings. The SMILES string of the molecule is CC(C)C(Nc1ccc(Br)cc1C(F)(F)F)C(N)=O. The van der Waals surface area contributed by atoms with E-state index in [0.717, 1.165) is 6.07 Å². The smallest absolute Gasteiger partial charge is 0.373 e. The molecule has 1 atom stereocenters. The van der Waals surface area contributed by atoms with Gasteiger partial charge in [-0.15, -0.1) is 0 Å². The van der Waals surface area contributed by atoms with Gasteiger partial charge in [-0.3, -0.25) is 4.79 Å². The predicted molar refractivity (Wildman–Crippen MR) is 70.6 cm³/mol. The normalized spacial score (nSPS) is 13.4. The molecular formula is C12H14BrF3N2O. The first-order valence-corrected chi connectivity index (χ1v) is 6.35. The predicted octanol–water partition coefficient (Wildman–Crippen LogP) is 3.39. The van der Waals surface area contributed by atoms with E-state index in [-0.39, 0.29) is 11.6 Å². The van der Waals surface area contributed by atoms with Crippen molar-refractivity contribution in [3.63, 3.8) is 0 Å². The second kappa shape index (κ2) is 5.81. The van der Waals surface area contributed by atoms with Gasteiger partial charge in [0.25, 0.3) is 0 Å². The second-order valence-corrected chi connectivity index (χ2v) is 5.37. The summed E-state index contributed by atoms with van der Waals surface area (Å²) in [6, 6.07) is 2.84. The molecule has 0 saturated heterocycles. The van der Waals surface area contributed by atoms with Crippen LogP contribution in [0.5, 0.6) is 0 Å². The van der Waals surface area contributed by atoms with Crippen molar-refractivity contribution in [3.8, 4) is 0 Å². The van der Waals surface area contributed by atoms with E-state index < -0.39 is 23.7 Å². The maximum Gasteiger partial charge on any atom is 0.418 e. The zero-order valence-electron chi connectivity index (χ0n) is 10.4. The van der Waals surface area contributed by atoms with E-state index in [9.17, 15) is 18.0 Å². The molecule has 0 radical (unpaired) electrons.